The summed E-state index contributed by atoms with van der Waals surface area (Å²) in [6.45, 7) is 0.334. The van der Waals surface area contributed by atoms with Crippen LogP contribution in [-0.4, -0.2) is 24.8 Å². The smallest absolute Gasteiger partial charge is 0.407 e. The van der Waals surface area contributed by atoms with Crippen molar-refractivity contribution in [1.82, 2.24) is 5.32 Å². The molecule has 1 rings (SSSR count). The summed E-state index contributed by atoms with van der Waals surface area (Å²) in [7, 11) is 0. The Labute approximate surface area is 118 Å². The topological polar surface area (TPSA) is 67.8 Å². The maximum atomic E-state index is 11.3. The fraction of sp³-hybridized carbons (Fsp3) is 0.267. The standard InChI is InChI=1S/C15H16N2O3/c1-2-3-9-14(18)16-10-11-17-15(19)20-12-13-7-5-4-6-8-13/h1,4-8,10H,3,9,11-12H2,(H,17,19). The van der Waals surface area contributed by atoms with Crippen molar-refractivity contribution in [2.24, 2.45) is 4.99 Å². The van der Waals surface area contributed by atoms with Crippen LogP contribution in [0.25, 0.3) is 0 Å². The lowest BCUT2D eigenvalue weighted by Crippen LogP contribution is -2.26. The van der Waals surface area contributed by atoms with Crippen molar-refractivity contribution in [1.29, 1.82) is 0 Å². The molecule has 0 fully saturated rings. The molecule has 0 aliphatic heterocycles. The van der Waals surface area contributed by atoms with Crippen LogP contribution in [0.15, 0.2) is 35.3 Å². The number of carbonyl (C=O) groups is 2. The number of ether oxygens (including phenoxy) is 1. The maximum Gasteiger partial charge on any atom is 0.407 e. The molecule has 0 bridgehead atoms. The summed E-state index contributed by atoms with van der Waals surface area (Å²) in [4.78, 5) is 26.1. The molecule has 104 valence electrons. The summed E-state index contributed by atoms with van der Waals surface area (Å²) >= 11 is 0. The monoisotopic (exact) mass is 272 g/mol. The van der Waals surface area contributed by atoms with Crippen LogP contribution in [0.3, 0.4) is 0 Å². The SMILES string of the molecule is C#CCCC(=O)N=CCNC(=O)OCc1ccccc1. The highest BCUT2D eigenvalue weighted by atomic mass is 16.5. The van der Waals surface area contributed by atoms with Gasteiger partial charge in [-0.1, -0.05) is 30.3 Å². The minimum Gasteiger partial charge on any atom is -0.445 e. The van der Waals surface area contributed by atoms with Gasteiger partial charge in [0.2, 0.25) is 5.91 Å². The highest BCUT2D eigenvalue weighted by Gasteiger charge is 2.01. The van der Waals surface area contributed by atoms with Gasteiger partial charge in [0.25, 0.3) is 0 Å². The fourth-order valence-electron chi connectivity index (χ4n) is 1.29. The Bertz CT molecular complexity index is 504. The van der Waals surface area contributed by atoms with Crippen LogP contribution in [0.4, 0.5) is 4.79 Å². The van der Waals surface area contributed by atoms with Crippen molar-refractivity contribution in [3.05, 3.63) is 35.9 Å². The molecule has 5 nitrogen and oxygen atoms in total. The molecule has 2 amide bonds. The summed E-state index contributed by atoms with van der Waals surface area (Å²) in [5.74, 6) is 2.05. The van der Waals surface area contributed by atoms with Gasteiger partial charge in [0.15, 0.2) is 0 Å². The Kier molecular flexibility index (Phi) is 7.21. The minimum absolute atomic E-state index is 0.134. The van der Waals surface area contributed by atoms with E-state index >= 15 is 0 Å². The number of carbonyl (C=O) groups excluding carboxylic acids is 2. The lowest BCUT2D eigenvalue weighted by molar-refractivity contribution is -0.117. The third-order valence-electron chi connectivity index (χ3n) is 2.27. The molecule has 0 radical (unpaired) electrons. The number of hydrogen-bond acceptors (Lipinski definition) is 3. The van der Waals surface area contributed by atoms with Gasteiger partial charge in [-0.15, -0.1) is 12.3 Å². The quantitative estimate of drug-likeness (QED) is 0.635. The molecule has 0 spiro atoms. The molecule has 0 unspecified atom stereocenters. The Morgan fingerprint density at radius 1 is 1.35 bits per heavy atom. The number of aliphatic imine (C=N–C) groups is 1. The van der Waals surface area contributed by atoms with Crippen molar-refractivity contribution >= 4 is 18.2 Å². The molecule has 1 aromatic rings. The van der Waals surface area contributed by atoms with Gasteiger partial charge in [0.05, 0.1) is 6.54 Å². The average Bonchev–Trinajstić information content (AvgIpc) is 2.48. The highest BCUT2D eigenvalue weighted by molar-refractivity contribution is 5.86. The second-order valence-corrected chi connectivity index (χ2v) is 3.85. The molecule has 0 aliphatic carbocycles. The van der Waals surface area contributed by atoms with E-state index in [1.54, 1.807) is 0 Å². The molecule has 0 atom stereocenters. The zero-order chi connectivity index (χ0) is 14.6. The van der Waals surface area contributed by atoms with Gasteiger partial charge < -0.3 is 10.1 Å². The molecule has 0 aromatic heterocycles. The zero-order valence-corrected chi connectivity index (χ0v) is 11.0. The molecule has 1 N–H and O–H groups in total. The molecule has 0 aliphatic rings. The van der Waals surface area contributed by atoms with Crippen LogP contribution in [0.5, 0.6) is 0 Å². The van der Waals surface area contributed by atoms with Crippen LogP contribution in [0, 0.1) is 12.3 Å². The first kappa shape index (κ1) is 15.4. The zero-order valence-electron chi connectivity index (χ0n) is 11.0. The second kappa shape index (κ2) is 9.34. The second-order valence-electron chi connectivity index (χ2n) is 3.85. The number of amides is 2. The first-order valence-electron chi connectivity index (χ1n) is 6.15. The van der Waals surface area contributed by atoms with E-state index in [0.29, 0.717) is 6.42 Å². The number of hydrogen-bond donors (Lipinski definition) is 1. The largest absolute Gasteiger partial charge is 0.445 e. The highest BCUT2D eigenvalue weighted by Crippen LogP contribution is 2.00. The van der Waals surface area contributed by atoms with E-state index < -0.39 is 6.09 Å². The molecule has 0 saturated heterocycles. The van der Waals surface area contributed by atoms with Gasteiger partial charge in [0, 0.05) is 19.1 Å². The fourth-order valence-corrected chi connectivity index (χ4v) is 1.29. The van der Waals surface area contributed by atoms with Crippen molar-refractivity contribution in [3.8, 4) is 12.3 Å². The first-order valence-corrected chi connectivity index (χ1v) is 6.15. The lowest BCUT2D eigenvalue weighted by Gasteiger charge is -2.04. The normalized spacial score (nSPS) is 9.95. The van der Waals surface area contributed by atoms with Crippen molar-refractivity contribution in [2.75, 3.05) is 6.54 Å². The molecule has 1 aromatic carbocycles. The predicted molar refractivity (Wildman–Crippen MR) is 76.2 cm³/mol. The Morgan fingerprint density at radius 2 is 2.10 bits per heavy atom. The van der Waals surface area contributed by atoms with E-state index in [-0.39, 0.29) is 25.5 Å². The minimum atomic E-state index is -0.559. The summed E-state index contributed by atoms with van der Waals surface area (Å²) in [5, 5.41) is 2.46. The molecule has 0 saturated carbocycles. The third kappa shape index (κ3) is 6.97. The summed E-state index contributed by atoms with van der Waals surface area (Å²) in [6, 6.07) is 9.34. The number of benzene rings is 1. The van der Waals surface area contributed by atoms with Crippen molar-refractivity contribution in [2.45, 2.75) is 19.4 Å². The van der Waals surface area contributed by atoms with E-state index in [1.165, 1.54) is 6.21 Å². The number of nitrogens with zero attached hydrogens (tertiary/aromatic N) is 1. The maximum absolute atomic E-state index is 11.3. The lowest BCUT2D eigenvalue weighted by atomic mass is 10.2. The predicted octanol–water partition coefficient (Wildman–Crippen LogP) is 1.92. The summed E-state index contributed by atoms with van der Waals surface area (Å²) < 4.78 is 4.98. The van der Waals surface area contributed by atoms with E-state index in [0.717, 1.165) is 5.56 Å². The Balaban J connectivity index is 2.16. The van der Waals surface area contributed by atoms with Gasteiger partial charge in [-0.2, -0.15) is 0 Å². The van der Waals surface area contributed by atoms with Gasteiger partial charge in [-0.3, -0.25) is 4.79 Å². The summed E-state index contributed by atoms with van der Waals surface area (Å²) in [6.07, 6.45) is 6.37. The van der Waals surface area contributed by atoms with Crippen LogP contribution in [0.1, 0.15) is 18.4 Å². The molecule has 5 heteroatoms. The summed E-state index contributed by atoms with van der Waals surface area (Å²) in [5.41, 5.74) is 0.903. The van der Waals surface area contributed by atoms with Gasteiger partial charge in [-0.25, -0.2) is 9.79 Å². The van der Waals surface area contributed by atoms with E-state index in [1.807, 2.05) is 30.3 Å². The van der Waals surface area contributed by atoms with Crippen LogP contribution in [0.2, 0.25) is 0 Å². The van der Waals surface area contributed by atoms with Crippen LogP contribution >= 0.6 is 0 Å². The van der Waals surface area contributed by atoms with E-state index in [4.69, 9.17) is 11.2 Å². The van der Waals surface area contributed by atoms with Gasteiger partial charge >= 0.3 is 6.09 Å². The van der Waals surface area contributed by atoms with Crippen LogP contribution in [-0.2, 0) is 16.1 Å². The van der Waals surface area contributed by atoms with Crippen molar-refractivity contribution in [3.63, 3.8) is 0 Å². The molecular formula is C15H16N2O3. The first-order chi connectivity index (χ1) is 9.72. The number of rotatable bonds is 6. The number of nitrogens with one attached hydrogen (secondary N) is 1. The Hall–Kier alpha value is -2.61. The van der Waals surface area contributed by atoms with E-state index in [2.05, 4.69) is 16.2 Å². The van der Waals surface area contributed by atoms with E-state index in [9.17, 15) is 9.59 Å². The molecule has 20 heavy (non-hydrogen) atoms. The average molecular weight is 272 g/mol. The Morgan fingerprint density at radius 3 is 2.80 bits per heavy atom. The number of terminal acetylenes is 1. The third-order valence-corrected chi connectivity index (χ3v) is 2.27. The van der Waals surface area contributed by atoms with Gasteiger partial charge in [0.1, 0.15) is 6.61 Å². The molecule has 0 heterocycles. The van der Waals surface area contributed by atoms with Gasteiger partial charge in [-0.05, 0) is 5.56 Å². The van der Waals surface area contributed by atoms with Crippen LogP contribution < -0.4 is 5.32 Å². The molecular weight excluding hydrogens is 256 g/mol. The number of alkyl carbamates (subject to hydrolysis) is 1. The van der Waals surface area contributed by atoms with Crippen molar-refractivity contribution < 1.29 is 14.3 Å².